The number of nitrogens with zero attached hydrogens (tertiary/aromatic N) is 1. The molecule has 0 saturated carbocycles. The predicted molar refractivity (Wildman–Crippen MR) is 219 cm³/mol. The SMILES string of the molecule is Cc1ccc(CNC(=O)[C@H](CCCNC(N)=O)NC(=O)[C@H](CC2=CCc3ccccc32)NC(=O)[C@@H]2CCCCN2C(=O)[C@H](Cc2ccccc2)NC(=O)CCl)cc1. The Kier molecular flexibility index (Phi) is 15.6. The van der Waals surface area contributed by atoms with Crippen molar-refractivity contribution in [3.8, 4) is 0 Å². The molecule has 3 aromatic rings. The molecule has 1 fully saturated rings. The van der Waals surface area contributed by atoms with Crippen molar-refractivity contribution in [3.05, 3.63) is 113 Å². The van der Waals surface area contributed by atoms with Gasteiger partial charge in [0.1, 0.15) is 30.0 Å². The number of aryl methyl sites for hydroxylation is 1. The van der Waals surface area contributed by atoms with Crippen LogP contribution in [-0.4, -0.2) is 83.6 Å². The summed E-state index contributed by atoms with van der Waals surface area (Å²) >= 11 is 5.82. The van der Waals surface area contributed by atoms with Crippen molar-refractivity contribution in [1.29, 1.82) is 0 Å². The van der Waals surface area contributed by atoms with E-state index in [0.717, 1.165) is 33.4 Å². The minimum atomic E-state index is -1.11. The third-order valence-electron chi connectivity index (χ3n) is 10.3. The molecule has 14 heteroatoms. The first kappa shape index (κ1) is 42.5. The number of rotatable bonds is 18. The average molecular weight is 798 g/mol. The second-order valence-corrected chi connectivity index (χ2v) is 14.8. The number of hydrogen-bond donors (Lipinski definition) is 6. The third kappa shape index (κ3) is 12.4. The molecule has 0 aromatic heterocycles. The van der Waals surface area contributed by atoms with E-state index in [-0.39, 0.29) is 44.8 Å². The molecule has 0 spiro atoms. The Hall–Kier alpha value is -5.69. The van der Waals surface area contributed by atoms with E-state index in [1.807, 2.05) is 91.9 Å². The van der Waals surface area contributed by atoms with Gasteiger partial charge in [-0.25, -0.2) is 4.79 Å². The predicted octanol–water partition coefficient (Wildman–Crippen LogP) is 3.41. The van der Waals surface area contributed by atoms with Gasteiger partial charge >= 0.3 is 6.03 Å². The molecule has 0 bridgehead atoms. The number of urea groups is 1. The van der Waals surface area contributed by atoms with Gasteiger partial charge in [0, 0.05) is 32.5 Å². The molecule has 1 aliphatic carbocycles. The molecule has 1 heterocycles. The van der Waals surface area contributed by atoms with E-state index in [4.69, 9.17) is 17.3 Å². The number of carbonyl (C=O) groups is 6. The van der Waals surface area contributed by atoms with E-state index in [1.54, 1.807) is 0 Å². The van der Waals surface area contributed by atoms with Crippen molar-refractivity contribution >= 4 is 52.7 Å². The number of nitrogens with two attached hydrogens (primary N) is 1. The van der Waals surface area contributed by atoms with Gasteiger partial charge < -0.3 is 37.2 Å². The molecule has 7 amide bonds. The summed E-state index contributed by atoms with van der Waals surface area (Å²) in [5, 5.41) is 14.0. The number of primary amides is 1. The molecule has 0 unspecified atom stereocenters. The Morgan fingerprint density at radius 2 is 1.53 bits per heavy atom. The van der Waals surface area contributed by atoms with Crippen LogP contribution in [0.3, 0.4) is 0 Å². The Bertz CT molecular complexity index is 1920. The van der Waals surface area contributed by atoms with Crippen LogP contribution >= 0.6 is 11.6 Å². The first-order valence-corrected chi connectivity index (χ1v) is 20.0. The highest BCUT2D eigenvalue weighted by Crippen LogP contribution is 2.31. The van der Waals surface area contributed by atoms with Crippen LogP contribution in [0.4, 0.5) is 4.79 Å². The highest BCUT2D eigenvalue weighted by atomic mass is 35.5. The van der Waals surface area contributed by atoms with Crippen LogP contribution < -0.4 is 32.3 Å². The smallest absolute Gasteiger partial charge is 0.312 e. The molecule has 57 heavy (non-hydrogen) atoms. The van der Waals surface area contributed by atoms with E-state index in [0.29, 0.717) is 32.1 Å². The minimum absolute atomic E-state index is 0.138. The lowest BCUT2D eigenvalue weighted by molar-refractivity contribution is -0.145. The van der Waals surface area contributed by atoms with E-state index >= 15 is 0 Å². The van der Waals surface area contributed by atoms with Crippen molar-refractivity contribution in [1.82, 2.24) is 31.5 Å². The van der Waals surface area contributed by atoms with Gasteiger partial charge in [0.2, 0.25) is 29.5 Å². The Balaban J connectivity index is 1.37. The molecule has 2 aliphatic rings. The summed E-state index contributed by atoms with van der Waals surface area (Å²) in [4.78, 5) is 81.8. The fourth-order valence-electron chi connectivity index (χ4n) is 7.27. The van der Waals surface area contributed by atoms with Crippen LogP contribution in [0.2, 0.25) is 0 Å². The molecule has 13 nitrogen and oxygen atoms in total. The lowest BCUT2D eigenvalue weighted by Crippen LogP contribution is -2.60. The molecule has 0 radical (unpaired) electrons. The number of amides is 7. The third-order valence-corrected chi connectivity index (χ3v) is 10.5. The molecule has 7 N–H and O–H groups in total. The fraction of sp³-hybridized carbons (Fsp3) is 0.395. The number of hydrogen-bond acceptors (Lipinski definition) is 6. The zero-order valence-corrected chi connectivity index (χ0v) is 33.0. The average Bonchev–Trinajstić information content (AvgIpc) is 3.63. The maximum absolute atomic E-state index is 14.3. The lowest BCUT2D eigenvalue weighted by Gasteiger charge is -2.37. The van der Waals surface area contributed by atoms with E-state index in [9.17, 15) is 28.8 Å². The highest BCUT2D eigenvalue weighted by molar-refractivity contribution is 6.27. The number of nitrogens with one attached hydrogen (secondary N) is 5. The molecular weight excluding hydrogens is 746 g/mol. The summed E-state index contributed by atoms with van der Waals surface area (Å²) in [7, 11) is 0. The van der Waals surface area contributed by atoms with Crippen LogP contribution in [-0.2, 0) is 43.4 Å². The quantitative estimate of drug-likeness (QED) is 0.0845. The van der Waals surface area contributed by atoms with Crippen LogP contribution in [0, 0.1) is 6.92 Å². The second-order valence-electron chi connectivity index (χ2n) is 14.5. The first-order chi connectivity index (χ1) is 27.5. The molecule has 1 saturated heterocycles. The number of halogens is 1. The van der Waals surface area contributed by atoms with E-state index in [1.165, 1.54) is 4.90 Å². The van der Waals surface area contributed by atoms with Gasteiger partial charge in [-0.15, -0.1) is 11.6 Å². The summed E-state index contributed by atoms with van der Waals surface area (Å²) in [5.74, 6) is -2.76. The summed E-state index contributed by atoms with van der Waals surface area (Å²) in [6, 6.07) is 20.1. The topological polar surface area (TPSA) is 192 Å². The van der Waals surface area contributed by atoms with Gasteiger partial charge in [-0.05, 0) is 73.3 Å². The van der Waals surface area contributed by atoms with Gasteiger partial charge in [0.05, 0.1) is 0 Å². The summed E-state index contributed by atoms with van der Waals surface area (Å²) in [6.45, 7) is 2.69. The van der Waals surface area contributed by atoms with Gasteiger partial charge in [-0.3, -0.25) is 24.0 Å². The summed E-state index contributed by atoms with van der Waals surface area (Å²) in [5.41, 5.74) is 11.0. The van der Waals surface area contributed by atoms with Gasteiger partial charge in [-0.2, -0.15) is 0 Å². The summed E-state index contributed by atoms with van der Waals surface area (Å²) < 4.78 is 0. The maximum atomic E-state index is 14.3. The molecule has 5 rings (SSSR count). The summed E-state index contributed by atoms with van der Waals surface area (Å²) in [6.07, 6.45) is 5.26. The maximum Gasteiger partial charge on any atom is 0.312 e. The van der Waals surface area contributed by atoms with Gasteiger partial charge in [0.15, 0.2) is 0 Å². The molecule has 3 aromatic carbocycles. The van der Waals surface area contributed by atoms with Crippen molar-refractivity contribution < 1.29 is 28.8 Å². The number of benzene rings is 3. The lowest BCUT2D eigenvalue weighted by atomic mass is 9.96. The largest absolute Gasteiger partial charge is 0.352 e. The number of alkyl halides is 1. The normalized spacial score (nSPS) is 16.2. The molecular formula is C43H52ClN7O6. The standard InChI is InChI=1S/C43H52ClN7O6/c1-28-16-18-30(19-17-28)27-47-39(53)34(14-9-22-46-43(45)57)49-40(54)35(25-32-21-20-31-12-5-6-13-33(31)32)50-41(55)37-15-7-8-23-51(37)42(56)36(48-38(52)26-44)24-29-10-3-2-4-11-29/h2-6,10-13,16-19,21,34-37H,7-9,14-15,20,22-27H2,1H3,(H,47,53)(H,48,52)(H,49,54)(H,50,55)(H3,45,46,57)/t34-,35-,36-,37-/m0/s1. The van der Waals surface area contributed by atoms with Gasteiger partial charge in [0.25, 0.3) is 0 Å². The number of fused-ring (bicyclic) bond motifs is 1. The van der Waals surface area contributed by atoms with Crippen molar-refractivity contribution in [3.63, 3.8) is 0 Å². The van der Waals surface area contributed by atoms with E-state index < -0.39 is 59.7 Å². The van der Waals surface area contributed by atoms with Crippen molar-refractivity contribution in [2.24, 2.45) is 5.73 Å². The molecule has 4 atom stereocenters. The number of allylic oxidation sites excluding steroid dienone is 1. The Morgan fingerprint density at radius 3 is 2.26 bits per heavy atom. The van der Waals surface area contributed by atoms with E-state index in [2.05, 4.69) is 26.6 Å². The van der Waals surface area contributed by atoms with Gasteiger partial charge in [-0.1, -0.05) is 90.5 Å². The number of carbonyl (C=O) groups excluding carboxylic acids is 6. The second kappa shape index (κ2) is 21.0. The molecule has 1 aliphatic heterocycles. The number of likely N-dealkylation sites (tertiary alicyclic amines) is 1. The Morgan fingerprint density at radius 1 is 0.789 bits per heavy atom. The van der Waals surface area contributed by atoms with Crippen LogP contribution in [0.25, 0.3) is 5.57 Å². The van der Waals surface area contributed by atoms with Crippen molar-refractivity contribution in [2.75, 3.05) is 19.0 Å². The van der Waals surface area contributed by atoms with Crippen LogP contribution in [0.5, 0.6) is 0 Å². The zero-order valence-electron chi connectivity index (χ0n) is 32.2. The zero-order chi connectivity index (χ0) is 40.7. The van der Waals surface area contributed by atoms with Crippen molar-refractivity contribution in [2.45, 2.75) is 89.0 Å². The van der Waals surface area contributed by atoms with Crippen LogP contribution in [0.15, 0.2) is 84.9 Å². The first-order valence-electron chi connectivity index (χ1n) is 19.5. The Labute approximate surface area is 338 Å². The monoisotopic (exact) mass is 797 g/mol. The number of piperidine rings is 1. The highest BCUT2D eigenvalue weighted by Gasteiger charge is 2.38. The fourth-order valence-corrected chi connectivity index (χ4v) is 7.35. The molecule has 302 valence electrons. The van der Waals surface area contributed by atoms with Crippen LogP contribution in [0.1, 0.15) is 66.3 Å². The minimum Gasteiger partial charge on any atom is -0.352 e.